The Balaban J connectivity index is 1.36. The smallest absolute Gasteiger partial charge is 0.254 e. The monoisotopic (exact) mass is 368 g/mol. The van der Waals surface area contributed by atoms with Gasteiger partial charge in [-0.1, -0.05) is 30.3 Å². The van der Waals surface area contributed by atoms with Gasteiger partial charge in [-0.2, -0.15) is 0 Å². The van der Waals surface area contributed by atoms with E-state index < -0.39 is 0 Å². The molecule has 4 aromatic rings. The molecule has 1 aliphatic heterocycles. The summed E-state index contributed by atoms with van der Waals surface area (Å²) < 4.78 is 0. The maximum absolute atomic E-state index is 13.0. The Kier molecular flexibility index (Phi) is 4.13. The van der Waals surface area contributed by atoms with Crippen LogP contribution in [-0.4, -0.2) is 47.0 Å². The molecule has 5 rings (SSSR count). The summed E-state index contributed by atoms with van der Waals surface area (Å²) in [5.74, 6) is 0.0598. The lowest BCUT2D eigenvalue weighted by Crippen LogP contribution is -2.48. The molecule has 0 unspecified atom stereocenters. The highest BCUT2D eigenvalue weighted by molar-refractivity contribution is 5.98. The highest BCUT2D eigenvalue weighted by atomic mass is 16.2. The molecule has 2 heterocycles. The summed E-state index contributed by atoms with van der Waals surface area (Å²) in [6.45, 7) is 3.12. The van der Waals surface area contributed by atoms with Crippen molar-refractivity contribution < 1.29 is 4.79 Å². The first-order valence-corrected chi connectivity index (χ1v) is 9.54. The number of hydrogen-bond acceptors (Lipinski definition) is 4. The number of para-hydroxylation sites is 3. The lowest BCUT2D eigenvalue weighted by atomic mass is 10.1. The van der Waals surface area contributed by atoms with Crippen LogP contribution in [0.15, 0.2) is 72.8 Å². The van der Waals surface area contributed by atoms with Gasteiger partial charge in [0.15, 0.2) is 0 Å². The Morgan fingerprint density at radius 3 is 2.00 bits per heavy atom. The number of piperazine rings is 1. The van der Waals surface area contributed by atoms with Crippen molar-refractivity contribution in [3.05, 3.63) is 78.4 Å². The summed E-state index contributed by atoms with van der Waals surface area (Å²) >= 11 is 0. The first-order valence-electron chi connectivity index (χ1n) is 9.54. The van der Waals surface area contributed by atoms with Crippen LogP contribution < -0.4 is 4.90 Å². The molecule has 0 spiro atoms. The molecular weight excluding hydrogens is 348 g/mol. The van der Waals surface area contributed by atoms with E-state index in [0.29, 0.717) is 5.56 Å². The molecule has 28 heavy (non-hydrogen) atoms. The van der Waals surface area contributed by atoms with Crippen LogP contribution in [0.3, 0.4) is 0 Å². The minimum Gasteiger partial charge on any atom is -0.368 e. The van der Waals surface area contributed by atoms with E-state index >= 15 is 0 Å². The number of carbonyl (C=O) groups excluding carboxylic acids is 1. The van der Waals surface area contributed by atoms with Crippen molar-refractivity contribution in [1.82, 2.24) is 14.9 Å². The van der Waals surface area contributed by atoms with Crippen LogP contribution in [0, 0.1) is 0 Å². The van der Waals surface area contributed by atoms with Crippen molar-refractivity contribution in [2.45, 2.75) is 0 Å². The number of fused-ring (bicyclic) bond motifs is 2. The Labute approximate surface area is 163 Å². The molecule has 1 aromatic heterocycles. The second kappa shape index (κ2) is 6.93. The number of carbonyl (C=O) groups is 1. The maximum Gasteiger partial charge on any atom is 0.254 e. The molecule has 0 N–H and O–H groups in total. The van der Waals surface area contributed by atoms with Gasteiger partial charge in [-0.15, -0.1) is 0 Å². The van der Waals surface area contributed by atoms with Gasteiger partial charge in [0.2, 0.25) is 0 Å². The number of aromatic nitrogens is 2. The molecule has 3 aromatic carbocycles. The van der Waals surface area contributed by atoms with Crippen LogP contribution >= 0.6 is 0 Å². The molecule has 138 valence electrons. The Bertz CT molecular complexity index is 1150. The fourth-order valence-electron chi connectivity index (χ4n) is 3.74. The van der Waals surface area contributed by atoms with E-state index in [1.165, 1.54) is 5.69 Å². The molecule has 5 heteroatoms. The van der Waals surface area contributed by atoms with E-state index in [2.05, 4.69) is 27.0 Å². The van der Waals surface area contributed by atoms with Crippen molar-refractivity contribution in [1.29, 1.82) is 0 Å². The largest absolute Gasteiger partial charge is 0.368 e. The predicted molar refractivity (Wildman–Crippen MR) is 112 cm³/mol. The molecule has 1 aliphatic rings. The molecule has 5 nitrogen and oxygen atoms in total. The molecule has 0 aliphatic carbocycles. The first-order chi connectivity index (χ1) is 13.8. The van der Waals surface area contributed by atoms with Crippen LogP contribution in [0.25, 0.3) is 22.1 Å². The summed E-state index contributed by atoms with van der Waals surface area (Å²) in [7, 11) is 0. The molecule has 0 bridgehead atoms. The number of rotatable bonds is 2. The lowest BCUT2D eigenvalue weighted by molar-refractivity contribution is 0.0747. The van der Waals surface area contributed by atoms with Crippen molar-refractivity contribution >= 4 is 33.7 Å². The summed E-state index contributed by atoms with van der Waals surface area (Å²) in [6.07, 6.45) is 0. The van der Waals surface area contributed by atoms with Gasteiger partial charge >= 0.3 is 0 Å². The molecular formula is C23H20N4O. The van der Waals surface area contributed by atoms with Gasteiger partial charge in [0.1, 0.15) is 0 Å². The Hall–Kier alpha value is -3.47. The highest BCUT2D eigenvalue weighted by Crippen LogP contribution is 2.20. The number of benzene rings is 3. The minimum absolute atomic E-state index is 0.0598. The average Bonchev–Trinajstić information content (AvgIpc) is 2.77. The highest BCUT2D eigenvalue weighted by Gasteiger charge is 2.22. The normalized spacial score (nSPS) is 14.6. The van der Waals surface area contributed by atoms with Crippen LogP contribution in [-0.2, 0) is 0 Å². The molecule has 1 fully saturated rings. The van der Waals surface area contributed by atoms with Crippen LogP contribution in [0.1, 0.15) is 10.4 Å². The minimum atomic E-state index is 0.0598. The summed E-state index contributed by atoms with van der Waals surface area (Å²) in [5, 5.41) is 0. The average molecular weight is 368 g/mol. The van der Waals surface area contributed by atoms with E-state index in [9.17, 15) is 4.79 Å². The van der Waals surface area contributed by atoms with Crippen molar-refractivity contribution in [3.8, 4) is 0 Å². The zero-order valence-corrected chi connectivity index (χ0v) is 15.5. The predicted octanol–water partition coefficient (Wildman–Crippen LogP) is 3.75. The zero-order chi connectivity index (χ0) is 18.9. The van der Waals surface area contributed by atoms with Crippen molar-refractivity contribution in [3.63, 3.8) is 0 Å². The number of amides is 1. The van der Waals surface area contributed by atoms with Gasteiger partial charge in [-0.25, -0.2) is 9.97 Å². The van der Waals surface area contributed by atoms with Gasteiger partial charge in [0, 0.05) is 37.4 Å². The molecule has 1 amide bonds. The first kappa shape index (κ1) is 16.7. The summed E-state index contributed by atoms with van der Waals surface area (Å²) in [6, 6.07) is 23.8. The third-order valence-corrected chi connectivity index (χ3v) is 5.27. The Morgan fingerprint density at radius 2 is 1.29 bits per heavy atom. The fourth-order valence-corrected chi connectivity index (χ4v) is 3.74. The van der Waals surface area contributed by atoms with Crippen LogP contribution in [0.5, 0.6) is 0 Å². The quantitative estimate of drug-likeness (QED) is 0.506. The van der Waals surface area contributed by atoms with Crippen LogP contribution in [0.4, 0.5) is 5.69 Å². The summed E-state index contributed by atoms with van der Waals surface area (Å²) in [5.41, 5.74) is 5.16. The van der Waals surface area contributed by atoms with Crippen molar-refractivity contribution in [2.24, 2.45) is 0 Å². The van der Waals surface area contributed by atoms with E-state index in [1.54, 1.807) is 0 Å². The number of hydrogen-bond donors (Lipinski definition) is 0. The third kappa shape index (κ3) is 3.05. The maximum atomic E-state index is 13.0. The van der Waals surface area contributed by atoms with Gasteiger partial charge in [0.25, 0.3) is 5.91 Å². The molecule has 0 radical (unpaired) electrons. The molecule has 0 saturated carbocycles. The SMILES string of the molecule is O=C(c1ccc2nc3ccccc3nc2c1)N1CCN(c2ccccc2)CC1. The number of anilines is 1. The molecule has 1 saturated heterocycles. The van der Waals surface area contributed by atoms with E-state index in [4.69, 9.17) is 0 Å². The second-order valence-corrected chi connectivity index (χ2v) is 7.03. The second-order valence-electron chi connectivity index (χ2n) is 7.03. The fraction of sp³-hybridized carbons (Fsp3) is 0.174. The van der Waals surface area contributed by atoms with Crippen molar-refractivity contribution in [2.75, 3.05) is 31.1 Å². The zero-order valence-electron chi connectivity index (χ0n) is 15.5. The van der Waals surface area contributed by atoms with E-state index in [-0.39, 0.29) is 5.91 Å². The van der Waals surface area contributed by atoms with Gasteiger partial charge in [-0.05, 0) is 42.5 Å². The van der Waals surface area contributed by atoms with Gasteiger partial charge in [0.05, 0.1) is 22.1 Å². The summed E-state index contributed by atoms with van der Waals surface area (Å²) in [4.78, 5) is 26.6. The van der Waals surface area contributed by atoms with Crippen LogP contribution in [0.2, 0.25) is 0 Å². The third-order valence-electron chi connectivity index (χ3n) is 5.27. The number of nitrogens with zero attached hydrogens (tertiary/aromatic N) is 4. The van der Waals surface area contributed by atoms with E-state index in [1.807, 2.05) is 65.6 Å². The standard InChI is InChI=1S/C23H20N4O/c28-23(27-14-12-26(13-15-27)18-6-2-1-3-7-18)17-10-11-21-22(16-17)25-20-9-5-4-8-19(20)24-21/h1-11,16H,12-15H2. The van der Waals surface area contributed by atoms with Gasteiger partial charge < -0.3 is 9.80 Å². The van der Waals surface area contributed by atoms with E-state index in [0.717, 1.165) is 48.2 Å². The van der Waals surface area contributed by atoms with Gasteiger partial charge in [-0.3, -0.25) is 4.79 Å². The molecule has 0 atom stereocenters. The topological polar surface area (TPSA) is 49.3 Å². The lowest BCUT2D eigenvalue weighted by Gasteiger charge is -2.36. The Morgan fingerprint density at radius 1 is 0.679 bits per heavy atom.